The second kappa shape index (κ2) is 5.40. The minimum Gasteiger partial charge on any atom is -0.374 e. The van der Waals surface area contributed by atoms with Gasteiger partial charge in [-0.25, -0.2) is 0 Å². The first-order chi connectivity index (χ1) is 9.37. The molecule has 0 aliphatic carbocycles. The second-order valence-electron chi connectivity index (χ2n) is 4.24. The van der Waals surface area contributed by atoms with E-state index in [9.17, 15) is 22.8 Å². The number of fused-ring (bicyclic) bond motifs is 1. The molecule has 1 aliphatic heterocycles. The molecule has 0 spiro atoms. The van der Waals surface area contributed by atoms with Crippen LogP contribution in [0.4, 0.5) is 24.5 Å². The highest BCUT2D eigenvalue weighted by atomic mass is 19.4. The fraction of sp³-hybridized carbons (Fsp3) is 0.333. The van der Waals surface area contributed by atoms with E-state index < -0.39 is 25.2 Å². The van der Waals surface area contributed by atoms with Gasteiger partial charge in [-0.15, -0.1) is 0 Å². The molecule has 2 amide bonds. The maximum atomic E-state index is 12.0. The van der Waals surface area contributed by atoms with E-state index in [2.05, 4.69) is 5.32 Å². The number of nitrogens with one attached hydrogen (secondary N) is 2. The number of benzene rings is 1. The molecular formula is C12H12F3N3O2. The number of amides is 2. The van der Waals surface area contributed by atoms with Crippen LogP contribution in [0.1, 0.15) is 0 Å². The van der Waals surface area contributed by atoms with E-state index in [-0.39, 0.29) is 12.5 Å². The summed E-state index contributed by atoms with van der Waals surface area (Å²) in [6, 6.07) is 6.78. The third-order valence-corrected chi connectivity index (χ3v) is 2.71. The Morgan fingerprint density at radius 1 is 1.35 bits per heavy atom. The van der Waals surface area contributed by atoms with E-state index in [4.69, 9.17) is 0 Å². The van der Waals surface area contributed by atoms with Crippen molar-refractivity contribution >= 4 is 23.2 Å². The normalized spacial score (nSPS) is 14.6. The van der Waals surface area contributed by atoms with Crippen LogP contribution in [0, 0.1) is 0 Å². The lowest BCUT2D eigenvalue weighted by Gasteiger charge is -2.29. The molecule has 1 aromatic carbocycles. The fourth-order valence-electron chi connectivity index (χ4n) is 1.83. The van der Waals surface area contributed by atoms with Crippen molar-refractivity contribution in [3.05, 3.63) is 24.3 Å². The Morgan fingerprint density at radius 3 is 2.75 bits per heavy atom. The van der Waals surface area contributed by atoms with Crippen molar-refractivity contribution in [3.63, 3.8) is 0 Å². The van der Waals surface area contributed by atoms with Gasteiger partial charge >= 0.3 is 6.18 Å². The molecule has 0 unspecified atom stereocenters. The van der Waals surface area contributed by atoms with Crippen LogP contribution in [0.15, 0.2) is 24.3 Å². The molecule has 1 heterocycles. The van der Waals surface area contributed by atoms with Gasteiger partial charge < -0.3 is 10.6 Å². The molecule has 0 radical (unpaired) electrons. The summed E-state index contributed by atoms with van der Waals surface area (Å²) < 4.78 is 36.0. The largest absolute Gasteiger partial charge is 0.405 e. The predicted molar refractivity (Wildman–Crippen MR) is 66.3 cm³/mol. The van der Waals surface area contributed by atoms with Gasteiger partial charge in [0.15, 0.2) is 0 Å². The summed E-state index contributed by atoms with van der Waals surface area (Å²) in [4.78, 5) is 24.4. The lowest BCUT2D eigenvalue weighted by Crippen LogP contribution is -2.47. The van der Waals surface area contributed by atoms with Gasteiger partial charge in [0, 0.05) is 0 Å². The van der Waals surface area contributed by atoms with Gasteiger partial charge in [-0.05, 0) is 12.1 Å². The molecule has 0 bridgehead atoms. The first kappa shape index (κ1) is 14.2. The molecule has 2 N–H and O–H groups in total. The summed E-state index contributed by atoms with van der Waals surface area (Å²) in [5.41, 5.74) is 1.14. The second-order valence-corrected chi connectivity index (χ2v) is 4.24. The van der Waals surface area contributed by atoms with Crippen LogP contribution < -0.4 is 15.5 Å². The fourth-order valence-corrected chi connectivity index (χ4v) is 1.83. The van der Waals surface area contributed by atoms with Crippen LogP contribution in [0.3, 0.4) is 0 Å². The lowest BCUT2D eigenvalue weighted by molar-refractivity contribution is -0.137. The summed E-state index contributed by atoms with van der Waals surface area (Å²) >= 11 is 0. The van der Waals surface area contributed by atoms with Crippen LogP contribution in [0.2, 0.25) is 0 Å². The van der Waals surface area contributed by atoms with Crippen LogP contribution in [-0.4, -0.2) is 37.6 Å². The van der Waals surface area contributed by atoms with Crippen LogP contribution >= 0.6 is 0 Å². The highest BCUT2D eigenvalue weighted by Crippen LogP contribution is 2.28. The van der Waals surface area contributed by atoms with Crippen LogP contribution in [0.25, 0.3) is 0 Å². The molecule has 0 saturated heterocycles. The molecule has 20 heavy (non-hydrogen) atoms. The van der Waals surface area contributed by atoms with Crippen molar-refractivity contribution in [1.82, 2.24) is 5.32 Å². The van der Waals surface area contributed by atoms with Crippen molar-refractivity contribution in [2.24, 2.45) is 0 Å². The Hall–Kier alpha value is -2.25. The summed E-state index contributed by atoms with van der Waals surface area (Å²) in [6.45, 7) is -1.84. The lowest BCUT2D eigenvalue weighted by atomic mass is 10.2. The first-order valence-electron chi connectivity index (χ1n) is 5.83. The predicted octanol–water partition coefficient (Wildman–Crippen LogP) is 1.12. The highest BCUT2D eigenvalue weighted by molar-refractivity contribution is 6.05. The monoisotopic (exact) mass is 287 g/mol. The highest BCUT2D eigenvalue weighted by Gasteiger charge is 2.29. The molecule has 1 aromatic rings. The van der Waals surface area contributed by atoms with Gasteiger partial charge in [0.05, 0.1) is 17.9 Å². The molecule has 108 valence electrons. The van der Waals surface area contributed by atoms with Crippen molar-refractivity contribution in [1.29, 1.82) is 0 Å². The summed E-state index contributed by atoms with van der Waals surface area (Å²) in [6.07, 6.45) is -4.47. The van der Waals surface area contributed by atoms with E-state index in [1.807, 2.05) is 0 Å². The number of carbonyl (C=O) groups is 2. The molecular weight excluding hydrogens is 275 g/mol. The van der Waals surface area contributed by atoms with E-state index in [0.29, 0.717) is 11.4 Å². The smallest absolute Gasteiger partial charge is 0.374 e. The van der Waals surface area contributed by atoms with Gasteiger partial charge in [-0.2, -0.15) is 13.2 Å². The molecule has 0 fully saturated rings. The van der Waals surface area contributed by atoms with Crippen molar-refractivity contribution < 1.29 is 22.8 Å². The Labute approximate surface area is 112 Å². The topological polar surface area (TPSA) is 61.4 Å². The zero-order valence-electron chi connectivity index (χ0n) is 10.3. The Balaban J connectivity index is 2.05. The van der Waals surface area contributed by atoms with Crippen molar-refractivity contribution in [2.45, 2.75) is 6.18 Å². The molecule has 0 saturated carbocycles. The molecule has 0 aromatic heterocycles. The van der Waals surface area contributed by atoms with Crippen molar-refractivity contribution in [2.75, 3.05) is 29.9 Å². The molecule has 2 rings (SSSR count). The van der Waals surface area contributed by atoms with Gasteiger partial charge in [-0.3, -0.25) is 14.5 Å². The molecule has 1 aliphatic rings. The summed E-state index contributed by atoms with van der Waals surface area (Å²) in [5, 5.41) is 4.61. The average Bonchev–Trinajstić information content (AvgIpc) is 2.39. The average molecular weight is 287 g/mol. The number of carbonyl (C=O) groups excluding carboxylic acids is 2. The number of halogens is 3. The summed E-state index contributed by atoms with van der Waals surface area (Å²) in [7, 11) is 0. The van der Waals surface area contributed by atoms with E-state index in [1.165, 1.54) is 0 Å². The van der Waals surface area contributed by atoms with E-state index >= 15 is 0 Å². The zero-order chi connectivity index (χ0) is 14.8. The minimum absolute atomic E-state index is 0.00354. The van der Waals surface area contributed by atoms with Crippen LogP contribution in [-0.2, 0) is 9.59 Å². The number of nitrogens with zero attached hydrogens (tertiary/aromatic N) is 1. The Kier molecular flexibility index (Phi) is 3.82. The number of anilines is 2. The minimum atomic E-state index is -4.47. The van der Waals surface area contributed by atoms with E-state index in [0.717, 1.165) is 4.90 Å². The van der Waals surface area contributed by atoms with E-state index in [1.54, 1.807) is 29.6 Å². The number of hydrogen-bond acceptors (Lipinski definition) is 3. The Bertz CT molecular complexity index is 531. The van der Waals surface area contributed by atoms with Gasteiger partial charge in [0.25, 0.3) is 0 Å². The number of hydrogen-bond donors (Lipinski definition) is 2. The number of rotatable bonds is 3. The Morgan fingerprint density at radius 2 is 2.05 bits per heavy atom. The standard InChI is InChI=1S/C12H12F3N3O2/c13-12(14,15)7-17-10(19)6-18-9-4-2-1-3-8(9)16-5-11(18)20/h1-4,16H,5-7H2,(H,17,19). The number of alkyl halides is 3. The van der Waals surface area contributed by atoms with Gasteiger partial charge in [0.2, 0.25) is 11.8 Å². The van der Waals surface area contributed by atoms with Crippen molar-refractivity contribution in [3.8, 4) is 0 Å². The molecule has 8 heteroatoms. The molecule has 5 nitrogen and oxygen atoms in total. The maximum Gasteiger partial charge on any atom is 0.405 e. The van der Waals surface area contributed by atoms with Gasteiger partial charge in [-0.1, -0.05) is 12.1 Å². The maximum absolute atomic E-state index is 12.0. The first-order valence-corrected chi connectivity index (χ1v) is 5.83. The third kappa shape index (κ3) is 3.40. The molecule has 0 atom stereocenters. The quantitative estimate of drug-likeness (QED) is 0.876. The van der Waals surface area contributed by atoms with Crippen LogP contribution in [0.5, 0.6) is 0 Å². The number of para-hydroxylation sites is 2. The summed E-state index contributed by atoms with van der Waals surface area (Å²) in [5.74, 6) is -1.22. The third-order valence-electron chi connectivity index (χ3n) is 2.71. The zero-order valence-corrected chi connectivity index (χ0v) is 10.3. The van der Waals surface area contributed by atoms with Gasteiger partial charge in [0.1, 0.15) is 13.1 Å². The SMILES string of the molecule is O=C(CN1C(=O)CNc2ccccc21)NCC(F)(F)F.